The van der Waals surface area contributed by atoms with Crippen molar-refractivity contribution in [2.75, 3.05) is 18.0 Å². The fraction of sp³-hybridized carbons (Fsp3) is 0.357. The van der Waals surface area contributed by atoms with Gasteiger partial charge in [0.2, 0.25) is 0 Å². The number of benzene rings is 1. The quantitative estimate of drug-likeness (QED) is 0.330. The van der Waals surface area contributed by atoms with Gasteiger partial charge in [-0.15, -0.1) is 0 Å². The standard InChI is InChI=1S/C28H32N6O3/c1-2-6-22(29)24-10-4-9-23(32-24)19-13-25(33-12-5-7-18(16-33)28(36)37)21-15-30-34(26(21)14-19)27-11-3-8-20(17-35)31-27/h3-4,8-11,13-15,18,22,35H,2,5-7,12,16-17,29H2,1H3,(H,36,37). The van der Waals surface area contributed by atoms with Crippen molar-refractivity contribution >= 4 is 22.6 Å². The number of carboxylic acids is 1. The van der Waals surface area contributed by atoms with E-state index in [1.807, 2.05) is 36.4 Å². The lowest BCUT2D eigenvalue weighted by molar-refractivity contribution is -0.141. The van der Waals surface area contributed by atoms with Gasteiger partial charge >= 0.3 is 5.97 Å². The van der Waals surface area contributed by atoms with Gasteiger partial charge in [-0.1, -0.05) is 25.5 Å². The molecule has 1 fully saturated rings. The Kier molecular flexibility index (Phi) is 7.16. The molecule has 5 rings (SSSR count). The van der Waals surface area contributed by atoms with Crippen molar-refractivity contribution in [3.05, 3.63) is 66.1 Å². The molecule has 192 valence electrons. The predicted molar refractivity (Wildman–Crippen MR) is 142 cm³/mol. The van der Waals surface area contributed by atoms with E-state index < -0.39 is 11.9 Å². The van der Waals surface area contributed by atoms with Gasteiger partial charge < -0.3 is 20.8 Å². The second kappa shape index (κ2) is 10.7. The van der Waals surface area contributed by atoms with Crippen LogP contribution in [0.3, 0.4) is 0 Å². The number of aromatic nitrogens is 4. The van der Waals surface area contributed by atoms with Crippen molar-refractivity contribution in [1.29, 1.82) is 0 Å². The van der Waals surface area contributed by atoms with Crippen LogP contribution in [0, 0.1) is 5.92 Å². The third-order valence-electron chi connectivity index (χ3n) is 7.00. The summed E-state index contributed by atoms with van der Waals surface area (Å²) in [5, 5.41) is 24.8. The van der Waals surface area contributed by atoms with Crippen LogP contribution < -0.4 is 10.6 Å². The number of carbonyl (C=O) groups is 1. The first kappa shape index (κ1) is 24.9. The molecule has 9 nitrogen and oxygen atoms in total. The summed E-state index contributed by atoms with van der Waals surface area (Å²) in [6.07, 6.45) is 5.10. The molecule has 0 amide bonds. The normalized spacial score (nSPS) is 16.7. The molecule has 0 spiro atoms. The zero-order valence-corrected chi connectivity index (χ0v) is 20.9. The van der Waals surface area contributed by atoms with E-state index in [0.29, 0.717) is 24.5 Å². The maximum Gasteiger partial charge on any atom is 0.308 e. The van der Waals surface area contributed by atoms with E-state index in [1.54, 1.807) is 16.9 Å². The van der Waals surface area contributed by atoms with Gasteiger partial charge in [0, 0.05) is 35.8 Å². The van der Waals surface area contributed by atoms with Gasteiger partial charge in [-0.05, 0) is 55.7 Å². The maximum atomic E-state index is 11.8. The highest BCUT2D eigenvalue weighted by Crippen LogP contribution is 2.36. The monoisotopic (exact) mass is 500 g/mol. The molecule has 3 aromatic heterocycles. The summed E-state index contributed by atoms with van der Waals surface area (Å²) >= 11 is 0. The van der Waals surface area contributed by atoms with Gasteiger partial charge in [0.05, 0.1) is 41.3 Å². The van der Waals surface area contributed by atoms with E-state index in [9.17, 15) is 15.0 Å². The molecule has 0 aliphatic carbocycles. The van der Waals surface area contributed by atoms with E-state index in [4.69, 9.17) is 10.7 Å². The van der Waals surface area contributed by atoms with Crippen molar-refractivity contribution in [1.82, 2.24) is 19.7 Å². The summed E-state index contributed by atoms with van der Waals surface area (Å²) in [4.78, 5) is 23.4. The molecule has 2 atom stereocenters. The molecular weight excluding hydrogens is 468 g/mol. The molecule has 37 heavy (non-hydrogen) atoms. The highest BCUT2D eigenvalue weighted by Gasteiger charge is 2.27. The number of aliphatic hydroxyl groups is 1. The van der Waals surface area contributed by atoms with E-state index in [0.717, 1.165) is 59.3 Å². The molecule has 2 unspecified atom stereocenters. The van der Waals surface area contributed by atoms with Crippen molar-refractivity contribution in [3.8, 4) is 17.1 Å². The molecule has 4 heterocycles. The Hall–Kier alpha value is -3.82. The Morgan fingerprint density at radius 1 is 1.19 bits per heavy atom. The largest absolute Gasteiger partial charge is 0.481 e. The molecule has 9 heteroatoms. The Morgan fingerprint density at radius 2 is 2.03 bits per heavy atom. The second-order valence-electron chi connectivity index (χ2n) is 9.60. The van der Waals surface area contributed by atoms with E-state index in [1.165, 1.54) is 0 Å². The number of piperidine rings is 1. The van der Waals surface area contributed by atoms with Crippen molar-refractivity contribution in [3.63, 3.8) is 0 Å². The van der Waals surface area contributed by atoms with Gasteiger partial charge in [0.1, 0.15) is 0 Å². The first-order valence-electron chi connectivity index (χ1n) is 12.8. The fourth-order valence-corrected chi connectivity index (χ4v) is 5.05. The number of aliphatic carboxylic acids is 1. The number of anilines is 1. The summed E-state index contributed by atoms with van der Waals surface area (Å²) in [5.74, 6) is -0.589. The van der Waals surface area contributed by atoms with Gasteiger partial charge in [0.15, 0.2) is 5.82 Å². The van der Waals surface area contributed by atoms with Crippen LogP contribution in [0.5, 0.6) is 0 Å². The molecule has 1 aromatic carbocycles. The Labute approximate surface area is 215 Å². The molecule has 1 saturated heterocycles. The summed E-state index contributed by atoms with van der Waals surface area (Å²) in [6, 6.07) is 15.3. The lowest BCUT2D eigenvalue weighted by Crippen LogP contribution is -2.38. The topological polar surface area (TPSA) is 130 Å². The van der Waals surface area contributed by atoms with Crippen LogP contribution in [0.1, 0.15) is 50.0 Å². The minimum atomic E-state index is -0.767. The zero-order valence-electron chi connectivity index (χ0n) is 20.9. The molecule has 0 radical (unpaired) electrons. The smallest absolute Gasteiger partial charge is 0.308 e. The highest BCUT2D eigenvalue weighted by molar-refractivity contribution is 5.96. The summed E-state index contributed by atoms with van der Waals surface area (Å²) in [5.41, 5.74) is 11.2. The molecule has 0 bridgehead atoms. The number of nitrogens with two attached hydrogens (primary N) is 1. The summed E-state index contributed by atoms with van der Waals surface area (Å²) < 4.78 is 1.76. The van der Waals surface area contributed by atoms with Crippen LogP contribution in [-0.2, 0) is 11.4 Å². The number of pyridine rings is 2. The predicted octanol–water partition coefficient (Wildman–Crippen LogP) is 4.08. The first-order chi connectivity index (χ1) is 18.0. The molecule has 4 N–H and O–H groups in total. The second-order valence-corrected chi connectivity index (χ2v) is 9.60. The number of rotatable bonds is 8. The lowest BCUT2D eigenvalue weighted by Gasteiger charge is -2.33. The van der Waals surface area contributed by atoms with Crippen molar-refractivity contribution in [2.24, 2.45) is 11.7 Å². The molecule has 4 aromatic rings. The number of aliphatic hydroxyl groups excluding tert-OH is 1. The maximum absolute atomic E-state index is 11.8. The fourth-order valence-electron chi connectivity index (χ4n) is 5.05. The Balaban J connectivity index is 1.67. The van der Waals surface area contributed by atoms with E-state index in [-0.39, 0.29) is 12.6 Å². The zero-order chi connectivity index (χ0) is 25.9. The van der Waals surface area contributed by atoms with E-state index in [2.05, 4.69) is 28.0 Å². The molecule has 0 saturated carbocycles. The average molecular weight is 501 g/mol. The van der Waals surface area contributed by atoms with Gasteiger partial charge in [-0.2, -0.15) is 5.10 Å². The molecular formula is C28H32N6O3. The Morgan fingerprint density at radius 3 is 2.81 bits per heavy atom. The van der Waals surface area contributed by atoms with Crippen LogP contribution in [0.4, 0.5) is 5.69 Å². The van der Waals surface area contributed by atoms with E-state index >= 15 is 0 Å². The van der Waals surface area contributed by atoms with Crippen molar-refractivity contribution in [2.45, 2.75) is 45.3 Å². The number of nitrogens with zero attached hydrogens (tertiary/aromatic N) is 5. The van der Waals surface area contributed by atoms with Crippen LogP contribution in [-0.4, -0.2) is 49.0 Å². The van der Waals surface area contributed by atoms with Gasteiger partial charge in [-0.25, -0.2) is 9.67 Å². The SMILES string of the molecule is CCCC(N)c1cccc(-c2cc(N3CCCC(C(=O)O)C3)c3cnn(-c4cccc(CO)n4)c3c2)n1. The van der Waals surface area contributed by atoms with Crippen LogP contribution in [0.25, 0.3) is 28.0 Å². The molecule has 1 aliphatic rings. The van der Waals surface area contributed by atoms with Gasteiger partial charge in [-0.3, -0.25) is 9.78 Å². The summed E-state index contributed by atoms with van der Waals surface area (Å²) in [7, 11) is 0. The van der Waals surface area contributed by atoms with Crippen LogP contribution in [0.15, 0.2) is 54.7 Å². The lowest BCUT2D eigenvalue weighted by atomic mass is 9.96. The third kappa shape index (κ3) is 5.05. The number of fused-ring (bicyclic) bond motifs is 1. The minimum Gasteiger partial charge on any atom is -0.481 e. The number of hydrogen-bond donors (Lipinski definition) is 3. The first-order valence-corrected chi connectivity index (χ1v) is 12.8. The number of hydrogen-bond acceptors (Lipinski definition) is 7. The average Bonchev–Trinajstić information content (AvgIpc) is 3.37. The number of carboxylic acid groups (broad SMARTS) is 1. The summed E-state index contributed by atoms with van der Waals surface area (Å²) in [6.45, 7) is 3.14. The highest BCUT2D eigenvalue weighted by atomic mass is 16.4. The van der Waals surface area contributed by atoms with Crippen molar-refractivity contribution < 1.29 is 15.0 Å². The third-order valence-corrected chi connectivity index (χ3v) is 7.00. The molecule has 1 aliphatic heterocycles. The van der Waals surface area contributed by atoms with Crippen LogP contribution in [0.2, 0.25) is 0 Å². The van der Waals surface area contributed by atoms with Crippen LogP contribution >= 0.6 is 0 Å². The Bertz CT molecular complexity index is 1420. The van der Waals surface area contributed by atoms with Gasteiger partial charge in [0.25, 0.3) is 0 Å². The minimum absolute atomic E-state index is 0.137.